The lowest BCUT2D eigenvalue weighted by atomic mass is 9.78. The molecular weight excluding hydrogens is 445 g/mol. The predicted molar refractivity (Wildman–Crippen MR) is 131 cm³/mol. The van der Waals surface area contributed by atoms with Crippen molar-refractivity contribution in [3.63, 3.8) is 0 Å². The minimum Gasteiger partial charge on any atom is -0.507 e. The highest BCUT2D eigenvalue weighted by Gasteiger charge is 2.27. The van der Waals surface area contributed by atoms with E-state index in [9.17, 15) is 10.2 Å². The zero-order chi connectivity index (χ0) is 23.8. The number of phenols is 1. The van der Waals surface area contributed by atoms with Gasteiger partial charge < -0.3 is 10.2 Å². The summed E-state index contributed by atoms with van der Waals surface area (Å²) < 4.78 is 1.51. The van der Waals surface area contributed by atoms with Gasteiger partial charge in [0.1, 0.15) is 24.5 Å². The van der Waals surface area contributed by atoms with Gasteiger partial charge in [0.25, 0.3) is 0 Å². The van der Waals surface area contributed by atoms with E-state index in [1.54, 1.807) is 18.2 Å². The van der Waals surface area contributed by atoms with Crippen LogP contribution in [0.15, 0.2) is 43.0 Å². The zero-order valence-corrected chi connectivity index (χ0v) is 20.7. The number of aromatic nitrogens is 3. The van der Waals surface area contributed by atoms with E-state index in [1.807, 2.05) is 18.2 Å². The number of halogens is 2. The molecule has 0 radical (unpaired) electrons. The Balaban J connectivity index is 2.24. The monoisotopic (exact) mass is 473 g/mol. The van der Waals surface area contributed by atoms with Gasteiger partial charge in [0.2, 0.25) is 0 Å². The van der Waals surface area contributed by atoms with Crippen LogP contribution in [0.25, 0.3) is 11.8 Å². The van der Waals surface area contributed by atoms with Crippen molar-refractivity contribution in [3.8, 4) is 5.75 Å². The quantitative estimate of drug-likeness (QED) is 0.446. The van der Waals surface area contributed by atoms with Gasteiger partial charge in [-0.3, -0.25) is 0 Å². The second-order valence-electron chi connectivity index (χ2n) is 9.94. The number of rotatable bonds is 4. The maximum atomic E-state index is 11.3. The third-order valence-corrected chi connectivity index (χ3v) is 5.85. The second kappa shape index (κ2) is 8.89. The van der Waals surface area contributed by atoms with Crippen LogP contribution in [0.3, 0.4) is 0 Å². The third kappa shape index (κ3) is 5.17. The van der Waals surface area contributed by atoms with Crippen LogP contribution in [0.2, 0.25) is 10.0 Å². The van der Waals surface area contributed by atoms with Gasteiger partial charge >= 0.3 is 0 Å². The minimum absolute atomic E-state index is 0.278. The highest BCUT2D eigenvalue weighted by atomic mass is 35.5. The number of aliphatic hydroxyl groups is 1. The van der Waals surface area contributed by atoms with E-state index in [0.29, 0.717) is 27.1 Å². The smallest absolute Gasteiger partial charge is 0.138 e. The summed E-state index contributed by atoms with van der Waals surface area (Å²) in [5.41, 5.74) is 2.90. The van der Waals surface area contributed by atoms with Crippen LogP contribution < -0.4 is 0 Å². The second-order valence-corrected chi connectivity index (χ2v) is 10.8. The molecule has 0 saturated carbocycles. The molecule has 0 fully saturated rings. The summed E-state index contributed by atoms with van der Waals surface area (Å²) in [7, 11) is 0. The number of hydrogen-bond donors (Lipinski definition) is 2. The molecule has 0 bridgehead atoms. The highest BCUT2D eigenvalue weighted by molar-refractivity contribution is 6.35. The first-order chi connectivity index (χ1) is 14.8. The molecule has 5 nitrogen and oxygen atoms in total. The summed E-state index contributed by atoms with van der Waals surface area (Å²) in [6.45, 7) is 12.3. The van der Waals surface area contributed by atoms with E-state index in [-0.39, 0.29) is 10.8 Å². The topological polar surface area (TPSA) is 71.2 Å². The molecule has 1 aromatic heterocycles. The van der Waals surface area contributed by atoms with E-state index in [4.69, 9.17) is 23.2 Å². The Hall–Kier alpha value is -2.34. The largest absolute Gasteiger partial charge is 0.507 e. The fourth-order valence-electron chi connectivity index (χ4n) is 3.55. The number of hydrogen-bond acceptors (Lipinski definition) is 4. The zero-order valence-electron chi connectivity index (χ0n) is 19.2. The molecule has 0 aliphatic carbocycles. The minimum atomic E-state index is -1.08. The summed E-state index contributed by atoms with van der Waals surface area (Å²) >= 11 is 12.4. The molecule has 1 heterocycles. The molecule has 32 heavy (non-hydrogen) atoms. The molecule has 0 saturated heterocycles. The van der Waals surface area contributed by atoms with Crippen LogP contribution in [0.1, 0.15) is 69.9 Å². The van der Waals surface area contributed by atoms with E-state index >= 15 is 0 Å². The van der Waals surface area contributed by atoms with Crippen LogP contribution >= 0.6 is 23.2 Å². The standard InChI is InChI=1S/C25H29Cl2N3O2/c1-24(2,3)18-9-15(10-19(23(18)32)25(4,5)6)11-21(30-14-28-13-29-30)22(31)17-8-7-16(26)12-20(17)27/h7-14,22,31-32H,1-6H3/b21-11-. The molecular formula is C25H29Cl2N3O2. The molecule has 7 heteroatoms. The Morgan fingerprint density at radius 3 is 2.06 bits per heavy atom. The molecule has 0 spiro atoms. The first-order valence-corrected chi connectivity index (χ1v) is 11.1. The average Bonchev–Trinajstić information content (AvgIpc) is 3.19. The fourth-order valence-corrected chi connectivity index (χ4v) is 4.06. The van der Waals surface area contributed by atoms with Crippen LogP contribution in [0.5, 0.6) is 5.75 Å². The molecule has 1 atom stereocenters. The number of aromatic hydroxyl groups is 1. The van der Waals surface area contributed by atoms with Crippen molar-refractivity contribution in [2.75, 3.05) is 0 Å². The van der Waals surface area contributed by atoms with Gasteiger partial charge in [0.05, 0.1) is 5.70 Å². The SMILES string of the molecule is CC(C)(C)c1cc(/C=C(/C(O)c2ccc(Cl)cc2Cl)n2cncn2)cc(C(C)(C)C)c1O. The van der Waals surface area contributed by atoms with Crippen molar-refractivity contribution in [3.05, 3.63) is 75.3 Å². The van der Waals surface area contributed by atoms with Crippen molar-refractivity contribution >= 4 is 35.0 Å². The van der Waals surface area contributed by atoms with E-state index < -0.39 is 6.10 Å². The average molecular weight is 474 g/mol. The Morgan fingerprint density at radius 1 is 1.00 bits per heavy atom. The maximum Gasteiger partial charge on any atom is 0.138 e. The Kier molecular flexibility index (Phi) is 6.75. The molecule has 0 amide bonds. The summed E-state index contributed by atoms with van der Waals surface area (Å²) in [6, 6.07) is 8.85. The van der Waals surface area contributed by atoms with E-state index in [0.717, 1.165) is 16.7 Å². The first kappa shape index (κ1) is 24.3. The van der Waals surface area contributed by atoms with Gasteiger partial charge in [-0.15, -0.1) is 0 Å². The van der Waals surface area contributed by atoms with Gasteiger partial charge in [0.15, 0.2) is 0 Å². The van der Waals surface area contributed by atoms with Crippen molar-refractivity contribution in [1.29, 1.82) is 0 Å². The van der Waals surface area contributed by atoms with Crippen molar-refractivity contribution in [2.24, 2.45) is 0 Å². The third-order valence-electron chi connectivity index (χ3n) is 5.28. The van der Waals surface area contributed by atoms with Gasteiger partial charge in [-0.25, -0.2) is 9.67 Å². The summed E-state index contributed by atoms with van der Waals surface area (Å²) in [4.78, 5) is 4.03. The lowest BCUT2D eigenvalue weighted by Gasteiger charge is -2.28. The molecule has 2 N–H and O–H groups in total. The number of benzene rings is 2. The maximum absolute atomic E-state index is 11.3. The van der Waals surface area contributed by atoms with Crippen LogP contribution in [-0.4, -0.2) is 25.0 Å². The molecule has 170 valence electrons. The summed E-state index contributed by atoms with van der Waals surface area (Å²) in [5.74, 6) is 0.297. The Bertz CT molecular complexity index is 1110. The van der Waals surface area contributed by atoms with Gasteiger partial charge in [-0.05, 0) is 46.7 Å². The van der Waals surface area contributed by atoms with E-state index in [2.05, 4.69) is 51.6 Å². The highest BCUT2D eigenvalue weighted by Crippen LogP contribution is 2.41. The van der Waals surface area contributed by atoms with Crippen molar-refractivity contribution in [2.45, 2.75) is 58.5 Å². The number of phenolic OH excluding ortho intramolecular Hbond substituents is 1. The van der Waals surface area contributed by atoms with E-state index in [1.165, 1.54) is 17.3 Å². The van der Waals surface area contributed by atoms with Crippen LogP contribution in [0, 0.1) is 0 Å². The van der Waals surface area contributed by atoms with Crippen molar-refractivity contribution < 1.29 is 10.2 Å². The van der Waals surface area contributed by atoms with Gasteiger partial charge in [-0.1, -0.05) is 70.8 Å². The normalized spacial score (nSPS) is 14.0. The Labute approximate surface area is 199 Å². The predicted octanol–water partition coefficient (Wildman–Crippen LogP) is 6.62. The first-order valence-electron chi connectivity index (χ1n) is 10.4. The number of aliphatic hydroxyl groups excluding tert-OH is 1. The van der Waals surface area contributed by atoms with Crippen LogP contribution in [0.4, 0.5) is 0 Å². The molecule has 2 aromatic carbocycles. The molecule has 3 rings (SSSR count). The molecule has 1 unspecified atom stereocenters. The Morgan fingerprint density at radius 2 is 1.59 bits per heavy atom. The van der Waals surface area contributed by atoms with Crippen molar-refractivity contribution in [1.82, 2.24) is 14.8 Å². The van der Waals surface area contributed by atoms with Gasteiger partial charge in [-0.2, -0.15) is 5.10 Å². The fraction of sp³-hybridized carbons (Fsp3) is 0.360. The van der Waals surface area contributed by atoms with Crippen LogP contribution in [-0.2, 0) is 10.8 Å². The number of nitrogens with zero attached hydrogens (tertiary/aromatic N) is 3. The van der Waals surface area contributed by atoms with Gasteiger partial charge in [0, 0.05) is 26.7 Å². The molecule has 0 aliphatic rings. The lowest BCUT2D eigenvalue weighted by Crippen LogP contribution is -2.17. The summed E-state index contributed by atoms with van der Waals surface area (Å²) in [5, 5.41) is 27.4. The molecule has 0 aliphatic heterocycles. The molecule has 3 aromatic rings. The summed E-state index contributed by atoms with van der Waals surface area (Å²) in [6.07, 6.45) is 3.69. The lowest BCUT2D eigenvalue weighted by molar-refractivity contribution is 0.231.